The van der Waals surface area contributed by atoms with Gasteiger partial charge in [0.2, 0.25) is 0 Å². The van der Waals surface area contributed by atoms with Gasteiger partial charge in [0.25, 0.3) is 11.8 Å². The van der Waals surface area contributed by atoms with E-state index >= 15 is 0 Å². The number of para-hydroxylation sites is 1. The second-order valence-electron chi connectivity index (χ2n) is 7.03. The largest absolute Gasteiger partial charge is 0.455 e. The lowest BCUT2D eigenvalue weighted by Gasteiger charge is -2.19. The third kappa shape index (κ3) is 6.54. The van der Waals surface area contributed by atoms with Crippen LogP contribution in [0.15, 0.2) is 84.9 Å². The van der Waals surface area contributed by atoms with Crippen LogP contribution >= 0.6 is 0 Å². The number of carbonyl (C=O) groups is 3. The van der Waals surface area contributed by atoms with Crippen molar-refractivity contribution in [2.45, 2.75) is 19.4 Å². The molecule has 0 bridgehead atoms. The maximum absolute atomic E-state index is 12.6. The average molecular weight is 416 g/mol. The van der Waals surface area contributed by atoms with E-state index in [2.05, 4.69) is 10.6 Å². The SMILES string of the molecule is Cc1ccccc1NC(=O)COC(=O)C[C@H](NC(=O)c1ccccc1)c1ccccc1. The third-order valence-electron chi connectivity index (χ3n) is 4.70. The normalized spacial score (nSPS) is 11.3. The van der Waals surface area contributed by atoms with Crippen LogP contribution in [-0.4, -0.2) is 24.4 Å². The number of nitrogens with one attached hydrogen (secondary N) is 2. The van der Waals surface area contributed by atoms with Crippen molar-refractivity contribution in [2.24, 2.45) is 0 Å². The summed E-state index contributed by atoms with van der Waals surface area (Å²) in [6.07, 6.45) is -0.0970. The average Bonchev–Trinajstić information content (AvgIpc) is 2.80. The van der Waals surface area contributed by atoms with Crippen molar-refractivity contribution in [3.63, 3.8) is 0 Å². The summed E-state index contributed by atoms with van der Waals surface area (Å²) in [5.41, 5.74) is 2.85. The maximum atomic E-state index is 12.6. The fourth-order valence-corrected chi connectivity index (χ4v) is 3.04. The molecule has 3 aromatic carbocycles. The van der Waals surface area contributed by atoms with Crippen LogP contribution in [0, 0.1) is 6.92 Å². The van der Waals surface area contributed by atoms with Crippen LogP contribution in [0.5, 0.6) is 0 Å². The fourth-order valence-electron chi connectivity index (χ4n) is 3.04. The summed E-state index contributed by atoms with van der Waals surface area (Å²) < 4.78 is 5.15. The Kier molecular flexibility index (Phi) is 7.54. The van der Waals surface area contributed by atoms with Crippen LogP contribution in [0.3, 0.4) is 0 Å². The van der Waals surface area contributed by atoms with Crippen LogP contribution in [0.2, 0.25) is 0 Å². The van der Waals surface area contributed by atoms with Crippen molar-refractivity contribution in [3.05, 3.63) is 102 Å². The van der Waals surface area contributed by atoms with Crippen LogP contribution in [-0.2, 0) is 14.3 Å². The van der Waals surface area contributed by atoms with Gasteiger partial charge in [-0.1, -0.05) is 66.7 Å². The Morgan fingerprint density at radius 2 is 1.45 bits per heavy atom. The summed E-state index contributed by atoms with van der Waals surface area (Å²) in [7, 11) is 0. The Morgan fingerprint density at radius 1 is 0.839 bits per heavy atom. The van der Waals surface area contributed by atoms with Crippen LogP contribution in [0.1, 0.15) is 33.9 Å². The monoisotopic (exact) mass is 416 g/mol. The highest BCUT2D eigenvalue weighted by atomic mass is 16.5. The zero-order valence-electron chi connectivity index (χ0n) is 17.2. The van der Waals surface area contributed by atoms with Crippen molar-refractivity contribution in [2.75, 3.05) is 11.9 Å². The highest BCUT2D eigenvalue weighted by Crippen LogP contribution is 2.18. The van der Waals surface area contributed by atoms with Crippen LogP contribution in [0.25, 0.3) is 0 Å². The Labute approximate surface area is 181 Å². The molecule has 2 N–H and O–H groups in total. The van der Waals surface area contributed by atoms with Gasteiger partial charge in [-0.15, -0.1) is 0 Å². The fraction of sp³-hybridized carbons (Fsp3) is 0.160. The molecule has 0 fully saturated rings. The van der Waals surface area contributed by atoms with Crippen molar-refractivity contribution in [3.8, 4) is 0 Å². The van der Waals surface area contributed by atoms with Gasteiger partial charge in [0, 0.05) is 11.3 Å². The van der Waals surface area contributed by atoms with Gasteiger partial charge in [-0.25, -0.2) is 0 Å². The molecule has 1 atom stereocenters. The number of carbonyl (C=O) groups excluding carboxylic acids is 3. The summed E-state index contributed by atoms with van der Waals surface area (Å²) in [5, 5.41) is 5.59. The van der Waals surface area contributed by atoms with Gasteiger partial charge < -0.3 is 15.4 Å². The van der Waals surface area contributed by atoms with E-state index < -0.39 is 24.5 Å². The van der Waals surface area contributed by atoms with E-state index in [1.54, 1.807) is 30.3 Å². The molecule has 0 spiro atoms. The predicted molar refractivity (Wildman–Crippen MR) is 118 cm³/mol. The van der Waals surface area contributed by atoms with E-state index in [-0.39, 0.29) is 12.3 Å². The minimum atomic E-state index is -0.583. The second-order valence-corrected chi connectivity index (χ2v) is 7.03. The number of amides is 2. The van der Waals surface area contributed by atoms with Crippen molar-refractivity contribution in [1.82, 2.24) is 5.32 Å². The molecule has 2 amide bonds. The maximum Gasteiger partial charge on any atom is 0.308 e. The van der Waals surface area contributed by atoms with Crippen LogP contribution in [0.4, 0.5) is 5.69 Å². The molecular formula is C25H24N2O4. The van der Waals surface area contributed by atoms with E-state index in [0.29, 0.717) is 11.3 Å². The Hall–Kier alpha value is -3.93. The van der Waals surface area contributed by atoms with Gasteiger partial charge in [0.1, 0.15) is 0 Å². The summed E-state index contributed by atoms with van der Waals surface area (Å²) in [5.74, 6) is -1.30. The summed E-state index contributed by atoms with van der Waals surface area (Å²) in [6, 6.07) is 24.7. The number of benzene rings is 3. The number of hydrogen-bond donors (Lipinski definition) is 2. The first-order valence-electron chi connectivity index (χ1n) is 9.95. The third-order valence-corrected chi connectivity index (χ3v) is 4.70. The molecule has 0 unspecified atom stereocenters. The van der Waals surface area contributed by atoms with Gasteiger partial charge >= 0.3 is 5.97 Å². The minimum absolute atomic E-state index is 0.0970. The first-order valence-corrected chi connectivity index (χ1v) is 9.95. The topological polar surface area (TPSA) is 84.5 Å². The number of hydrogen-bond acceptors (Lipinski definition) is 4. The Morgan fingerprint density at radius 3 is 2.13 bits per heavy atom. The van der Waals surface area contributed by atoms with Gasteiger partial charge in [0.05, 0.1) is 12.5 Å². The van der Waals surface area contributed by atoms with Gasteiger partial charge in [-0.2, -0.15) is 0 Å². The molecular weight excluding hydrogens is 392 g/mol. The van der Waals surface area contributed by atoms with E-state index in [1.807, 2.05) is 61.5 Å². The van der Waals surface area contributed by atoms with E-state index in [4.69, 9.17) is 4.74 Å². The van der Waals surface area contributed by atoms with E-state index in [1.165, 1.54) is 0 Å². The molecule has 31 heavy (non-hydrogen) atoms. The molecule has 6 heteroatoms. The molecule has 158 valence electrons. The van der Waals surface area contributed by atoms with Crippen LogP contribution < -0.4 is 10.6 Å². The zero-order valence-corrected chi connectivity index (χ0v) is 17.2. The van der Waals surface area contributed by atoms with E-state index in [0.717, 1.165) is 11.1 Å². The van der Waals surface area contributed by atoms with Crippen molar-refractivity contribution >= 4 is 23.5 Å². The summed E-state index contributed by atoms with van der Waals surface area (Å²) >= 11 is 0. The highest BCUT2D eigenvalue weighted by Gasteiger charge is 2.20. The van der Waals surface area contributed by atoms with Crippen molar-refractivity contribution in [1.29, 1.82) is 0 Å². The quantitative estimate of drug-likeness (QED) is 0.543. The second kappa shape index (κ2) is 10.7. The first kappa shape index (κ1) is 21.8. The number of ether oxygens (including phenoxy) is 1. The Bertz CT molecular complexity index is 1040. The lowest BCUT2D eigenvalue weighted by molar-refractivity contribution is -0.147. The number of aryl methyl sites for hydroxylation is 1. The lowest BCUT2D eigenvalue weighted by Crippen LogP contribution is -2.31. The lowest BCUT2D eigenvalue weighted by atomic mass is 10.0. The molecule has 0 aliphatic heterocycles. The van der Waals surface area contributed by atoms with Gasteiger partial charge in [0.15, 0.2) is 6.61 Å². The van der Waals surface area contributed by atoms with Gasteiger partial charge in [-0.3, -0.25) is 14.4 Å². The zero-order chi connectivity index (χ0) is 22.1. The Balaban J connectivity index is 1.60. The first-order chi connectivity index (χ1) is 15.0. The molecule has 0 aliphatic rings. The molecule has 0 aliphatic carbocycles. The molecule has 0 saturated carbocycles. The molecule has 6 nitrogen and oxygen atoms in total. The molecule has 3 aromatic rings. The van der Waals surface area contributed by atoms with Crippen molar-refractivity contribution < 1.29 is 19.1 Å². The smallest absolute Gasteiger partial charge is 0.308 e. The minimum Gasteiger partial charge on any atom is -0.455 e. The molecule has 0 heterocycles. The summed E-state index contributed by atoms with van der Waals surface area (Å²) in [6.45, 7) is 1.48. The molecule has 0 radical (unpaired) electrons. The highest BCUT2D eigenvalue weighted by molar-refractivity contribution is 5.95. The van der Waals surface area contributed by atoms with E-state index in [9.17, 15) is 14.4 Å². The molecule has 0 saturated heterocycles. The summed E-state index contributed by atoms with van der Waals surface area (Å²) in [4.78, 5) is 37.1. The standard InChI is InChI=1S/C25H24N2O4/c1-18-10-8-9-15-21(18)26-23(28)17-31-24(29)16-22(19-11-4-2-5-12-19)27-25(30)20-13-6-3-7-14-20/h2-15,22H,16-17H2,1H3,(H,26,28)(H,27,30)/t22-/m0/s1. The predicted octanol–water partition coefficient (Wildman–Crippen LogP) is 4.04. The molecule has 0 aromatic heterocycles. The number of rotatable bonds is 8. The van der Waals surface area contributed by atoms with Gasteiger partial charge in [-0.05, 0) is 36.2 Å². The molecule has 3 rings (SSSR count). The number of anilines is 1. The number of esters is 1.